The van der Waals surface area contributed by atoms with Gasteiger partial charge in [0.15, 0.2) is 0 Å². The quantitative estimate of drug-likeness (QED) is 0.776. The molecule has 0 bridgehead atoms. The van der Waals surface area contributed by atoms with Crippen molar-refractivity contribution in [2.24, 2.45) is 5.92 Å². The molecular weight excluding hydrogens is 218 g/mol. The third kappa shape index (κ3) is 2.35. The second kappa shape index (κ2) is 4.65. The molecule has 0 N–H and O–H groups in total. The van der Waals surface area contributed by atoms with E-state index in [4.69, 9.17) is 9.47 Å². The maximum absolute atomic E-state index is 11.9. The first kappa shape index (κ1) is 11.8. The molecule has 1 aliphatic heterocycles. The zero-order valence-electron chi connectivity index (χ0n) is 10.4. The van der Waals surface area contributed by atoms with Crippen LogP contribution in [-0.4, -0.2) is 38.6 Å². The monoisotopic (exact) mass is 235 g/mol. The molecule has 1 aliphatic rings. The Balaban J connectivity index is 2.19. The molecule has 17 heavy (non-hydrogen) atoms. The molecule has 0 saturated heterocycles. The lowest BCUT2D eigenvalue weighted by Crippen LogP contribution is -2.36. The number of fused-ring (bicyclic) bond motifs is 1. The molecule has 1 amide bonds. The van der Waals surface area contributed by atoms with Crippen molar-refractivity contribution in [3.63, 3.8) is 0 Å². The summed E-state index contributed by atoms with van der Waals surface area (Å²) in [6.07, 6.45) is 0.712. The highest BCUT2D eigenvalue weighted by Gasteiger charge is 2.27. The summed E-state index contributed by atoms with van der Waals surface area (Å²) in [5.41, 5.74) is 1.04. The number of amides is 1. The van der Waals surface area contributed by atoms with Crippen molar-refractivity contribution in [1.29, 1.82) is 0 Å². The van der Waals surface area contributed by atoms with Gasteiger partial charge in [-0.1, -0.05) is 0 Å². The van der Waals surface area contributed by atoms with E-state index in [1.807, 2.05) is 18.2 Å². The van der Waals surface area contributed by atoms with E-state index < -0.39 is 0 Å². The largest absolute Gasteiger partial charge is 0.497 e. The van der Waals surface area contributed by atoms with Gasteiger partial charge in [0.05, 0.1) is 13.0 Å². The van der Waals surface area contributed by atoms with Crippen LogP contribution in [0.5, 0.6) is 11.5 Å². The molecular formula is C13H17NO3. The van der Waals surface area contributed by atoms with Crippen LogP contribution in [0.25, 0.3) is 0 Å². The second-order valence-corrected chi connectivity index (χ2v) is 4.42. The van der Waals surface area contributed by atoms with Crippen LogP contribution in [0.3, 0.4) is 0 Å². The van der Waals surface area contributed by atoms with Crippen molar-refractivity contribution in [1.82, 2.24) is 4.90 Å². The Hall–Kier alpha value is -1.71. The molecule has 2 rings (SSSR count). The van der Waals surface area contributed by atoms with Crippen LogP contribution in [0.15, 0.2) is 18.2 Å². The minimum absolute atomic E-state index is 0.0930. The number of carbonyl (C=O) groups excluding carboxylic acids is 1. The Morgan fingerprint density at radius 1 is 1.47 bits per heavy atom. The number of rotatable bonds is 2. The number of nitrogens with zero attached hydrogens (tertiary/aromatic N) is 1. The van der Waals surface area contributed by atoms with Gasteiger partial charge in [-0.15, -0.1) is 0 Å². The van der Waals surface area contributed by atoms with E-state index in [1.54, 1.807) is 26.1 Å². The van der Waals surface area contributed by atoms with Crippen molar-refractivity contribution in [3.8, 4) is 11.5 Å². The normalized spacial score (nSPS) is 17.9. The van der Waals surface area contributed by atoms with E-state index in [0.29, 0.717) is 13.0 Å². The van der Waals surface area contributed by atoms with Crippen LogP contribution in [-0.2, 0) is 11.2 Å². The van der Waals surface area contributed by atoms with Gasteiger partial charge in [-0.25, -0.2) is 0 Å². The fourth-order valence-corrected chi connectivity index (χ4v) is 2.02. The van der Waals surface area contributed by atoms with Crippen LogP contribution < -0.4 is 9.47 Å². The lowest BCUT2D eigenvalue weighted by atomic mass is 9.95. The highest BCUT2D eigenvalue weighted by Crippen LogP contribution is 2.31. The summed E-state index contributed by atoms with van der Waals surface area (Å²) >= 11 is 0. The molecule has 1 aromatic rings. The topological polar surface area (TPSA) is 38.8 Å². The zero-order chi connectivity index (χ0) is 12.4. The fourth-order valence-electron chi connectivity index (χ4n) is 2.02. The van der Waals surface area contributed by atoms with Crippen LogP contribution >= 0.6 is 0 Å². The first-order valence-electron chi connectivity index (χ1n) is 5.62. The standard InChI is InChI=1S/C13H17NO3/c1-14(2)13(15)10-6-9-7-11(16-3)4-5-12(9)17-8-10/h4-5,7,10H,6,8H2,1-3H3. The van der Waals surface area contributed by atoms with Crippen LogP contribution in [0, 0.1) is 5.92 Å². The maximum atomic E-state index is 11.9. The average molecular weight is 235 g/mol. The lowest BCUT2D eigenvalue weighted by molar-refractivity contribution is -0.134. The number of benzene rings is 1. The number of carbonyl (C=O) groups is 1. The zero-order valence-corrected chi connectivity index (χ0v) is 10.4. The number of hydrogen-bond acceptors (Lipinski definition) is 3. The molecule has 0 saturated carbocycles. The van der Waals surface area contributed by atoms with Crippen molar-refractivity contribution in [2.45, 2.75) is 6.42 Å². The van der Waals surface area contributed by atoms with Gasteiger partial charge in [-0.2, -0.15) is 0 Å². The fraction of sp³-hybridized carbons (Fsp3) is 0.462. The minimum Gasteiger partial charge on any atom is -0.497 e. The summed E-state index contributed by atoms with van der Waals surface area (Å²) in [7, 11) is 5.17. The SMILES string of the molecule is COc1ccc2c(c1)CC(C(=O)N(C)C)CO2. The van der Waals surface area contributed by atoms with Gasteiger partial charge >= 0.3 is 0 Å². The van der Waals surface area contributed by atoms with Crippen LogP contribution in [0.4, 0.5) is 0 Å². The third-order valence-electron chi connectivity index (χ3n) is 2.96. The predicted molar refractivity (Wildman–Crippen MR) is 64.4 cm³/mol. The highest BCUT2D eigenvalue weighted by atomic mass is 16.5. The maximum Gasteiger partial charge on any atom is 0.228 e. The summed E-state index contributed by atoms with van der Waals surface area (Å²) in [6, 6.07) is 5.70. The summed E-state index contributed by atoms with van der Waals surface area (Å²) in [5, 5.41) is 0. The Morgan fingerprint density at radius 3 is 2.88 bits per heavy atom. The number of hydrogen-bond donors (Lipinski definition) is 0. The van der Waals surface area contributed by atoms with Gasteiger partial charge < -0.3 is 14.4 Å². The summed E-state index contributed by atoms with van der Waals surface area (Å²) in [4.78, 5) is 13.5. The smallest absolute Gasteiger partial charge is 0.228 e. The Kier molecular flexibility index (Phi) is 3.22. The molecule has 0 fully saturated rings. The van der Waals surface area contributed by atoms with E-state index in [2.05, 4.69) is 0 Å². The molecule has 0 aliphatic carbocycles. The number of ether oxygens (including phenoxy) is 2. The van der Waals surface area contributed by atoms with E-state index >= 15 is 0 Å². The van der Waals surface area contributed by atoms with Crippen molar-refractivity contribution in [3.05, 3.63) is 23.8 Å². The van der Waals surface area contributed by atoms with Crippen molar-refractivity contribution in [2.75, 3.05) is 27.8 Å². The Labute approximate surface area is 101 Å². The van der Waals surface area contributed by atoms with Crippen molar-refractivity contribution < 1.29 is 14.3 Å². The van der Waals surface area contributed by atoms with Gasteiger partial charge in [-0.3, -0.25) is 4.79 Å². The van der Waals surface area contributed by atoms with E-state index in [1.165, 1.54) is 0 Å². The first-order chi connectivity index (χ1) is 8.11. The predicted octanol–water partition coefficient (Wildman–Crippen LogP) is 1.33. The summed E-state index contributed by atoms with van der Waals surface area (Å²) in [5.74, 6) is 1.67. The van der Waals surface area contributed by atoms with Crippen LogP contribution in [0.1, 0.15) is 5.56 Å². The third-order valence-corrected chi connectivity index (χ3v) is 2.96. The summed E-state index contributed by atoms with van der Waals surface area (Å²) in [6.45, 7) is 0.455. The first-order valence-corrected chi connectivity index (χ1v) is 5.62. The molecule has 0 aromatic heterocycles. The minimum atomic E-state index is -0.0930. The Morgan fingerprint density at radius 2 is 2.24 bits per heavy atom. The van der Waals surface area contributed by atoms with Gasteiger partial charge in [0.25, 0.3) is 0 Å². The summed E-state index contributed by atoms with van der Waals surface area (Å²) < 4.78 is 10.8. The Bertz CT molecular complexity index is 429. The molecule has 1 aromatic carbocycles. The van der Waals surface area contributed by atoms with Crippen LogP contribution in [0.2, 0.25) is 0 Å². The van der Waals surface area contributed by atoms with Gasteiger partial charge in [0, 0.05) is 14.1 Å². The van der Waals surface area contributed by atoms with Gasteiger partial charge in [0.1, 0.15) is 18.1 Å². The molecule has 1 heterocycles. The van der Waals surface area contributed by atoms with Gasteiger partial charge in [0.2, 0.25) is 5.91 Å². The average Bonchev–Trinajstić information content (AvgIpc) is 2.36. The molecule has 4 heteroatoms. The molecule has 1 atom stereocenters. The highest BCUT2D eigenvalue weighted by molar-refractivity contribution is 5.79. The molecule has 1 unspecified atom stereocenters. The lowest BCUT2D eigenvalue weighted by Gasteiger charge is -2.26. The number of methoxy groups -OCH3 is 1. The van der Waals surface area contributed by atoms with Crippen molar-refractivity contribution >= 4 is 5.91 Å². The molecule has 4 nitrogen and oxygen atoms in total. The molecule has 92 valence electrons. The second-order valence-electron chi connectivity index (χ2n) is 4.42. The molecule has 0 radical (unpaired) electrons. The van der Waals surface area contributed by atoms with E-state index in [0.717, 1.165) is 17.1 Å². The molecule has 0 spiro atoms. The van der Waals surface area contributed by atoms with E-state index in [9.17, 15) is 4.79 Å². The van der Waals surface area contributed by atoms with E-state index in [-0.39, 0.29) is 11.8 Å². The van der Waals surface area contributed by atoms with Gasteiger partial charge in [-0.05, 0) is 30.2 Å².